The zero-order valence-corrected chi connectivity index (χ0v) is 11.6. The molecule has 0 aromatic heterocycles. The normalized spacial score (nSPS) is 11.4. The molecule has 1 unspecified atom stereocenters. The Morgan fingerprint density at radius 3 is 2.53 bits per heavy atom. The summed E-state index contributed by atoms with van der Waals surface area (Å²) < 4.78 is 26.0. The standard InChI is InChI=1S/C9H10O4S.Na/c1-6-3-4-7(9(10)13-2)8(5-6)14(11)12;/h3-5H,1-2H3,(H,11,12);/q;+1/p-1. The van der Waals surface area contributed by atoms with Crippen LogP contribution in [-0.2, 0) is 15.8 Å². The molecular weight excluding hydrogens is 227 g/mol. The van der Waals surface area contributed by atoms with Crippen LogP contribution >= 0.6 is 0 Å². The molecule has 1 aromatic carbocycles. The second-order valence-corrected chi connectivity index (χ2v) is 3.64. The quantitative estimate of drug-likeness (QED) is 0.339. The molecular formula is C9H9NaO4S. The summed E-state index contributed by atoms with van der Waals surface area (Å²) in [6.45, 7) is 1.75. The molecule has 0 saturated heterocycles. The second-order valence-electron chi connectivity index (χ2n) is 2.73. The minimum absolute atomic E-state index is 0. The number of carbonyl (C=O) groups is 1. The molecule has 6 heteroatoms. The van der Waals surface area contributed by atoms with Gasteiger partial charge in [0.15, 0.2) is 0 Å². The van der Waals surface area contributed by atoms with Crippen LogP contribution in [0, 0.1) is 6.92 Å². The predicted molar refractivity (Wildman–Crippen MR) is 49.7 cm³/mol. The maximum Gasteiger partial charge on any atom is 1.00 e. The van der Waals surface area contributed by atoms with Crippen LogP contribution < -0.4 is 29.6 Å². The Morgan fingerprint density at radius 2 is 2.07 bits per heavy atom. The molecule has 1 atom stereocenters. The SMILES string of the molecule is COC(=O)c1ccc(C)cc1S(=O)[O-].[Na+]. The van der Waals surface area contributed by atoms with E-state index in [0.717, 1.165) is 5.56 Å². The van der Waals surface area contributed by atoms with Crippen LogP contribution in [0.2, 0.25) is 0 Å². The third-order valence-corrected chi connectivity index (χ3v) is 2.42. The first-order chi connectivity index (χ1) is 6.56. The summed E-state index contributed by atoms with van der Waals surface area (Å²) in [7, 11) is 1.21. The molecule has 0 aliphatic rings. The van der Waals surface area contributed by atoms with E-state index in [-0.39, 0.29) is 40.0 Å². The number of benzene rings is 1. The molecule has 1 aromatic rings. The first-order valence-corrected chi connectivity index (χ1v) is 4.92. The van der Waals surface area contributed by atoms with E-state index in [1.54, 1.807) is 13.0 Å². The van der Waals surface area contributed by atoms with Gasteiger partial charge in [-0.1, -0.05) is 6.07 Å². The largest absolute Gasteiger partial charge is 1.00 e. The van der Waals surface area contributed by atoms with Gasteiger partial charge in [-0.15, -0.1) is 0 Å². The Bertz CT molecular complexity index is 392. The molecule has 0 aliphatic carbocycles. The topological polar surface area (TPSA) is 66.4 Å². The molecule has 0 radical (unpaired) electrons. The number of hydrogen-bond donors (Lipinski definition) is 0. The van der Waals surface area contributed by atoms with Crippen molar-refractivity contribution in [2.45, 2.75) is 11.8 Å². The van der Waals surface area contributed by atoms with Gasteiger partial charge in [0.2, 0.25) is 0 Å². The number of aryl methyl sites for hydroxylation is 1. The number of ether oxygens (including phenoxy) is 1. The van der Waals surface area contributed by atoms with Crippen molar-refractivity contribution in [1.82, 2.24) is 0 Å². The molecule has 0 fully saturated rings. The number of methoxy groups -OCH3 is 1. The van der Waals surface area contributed by atoms with E-state index < -0.39 is 17.0 Å². The van der Waals surface area contributed by atoms with E-state index in [4.69, 9.17) is 0 Å². The Kier molecular flexibility index (Phi) is 6.31. The van der Waals surface area contributed by atoms with Crippen molar-refractivity contribution in [3.05, 3.63) is 29.3 Å². The van der Waals surface area contributed by atoms with Crippen molar-refractivity contribution in [3.8, 4) is 0 Å². The van der Waals surface area contributed by atoms with Crippen LogP contribution in [0.3, 0.4) is 0 Å². The summed E-state index contributed by atoms with van der Waals surface area (Å²) in [5.41, 5.74) is 0.836. The van der Waals surface area contributed by atoms with Gasteiger partial charge in [-0.2, -0.15) is 0 Å². The van der Waals surface area contributed by atoms with E-state index in [9.17, 15) is 13.6 Å². The number of carbonyl (C=O) groups excluding carboxylic acids is 1. The number of esters is 1. The fourth-order valence-electron chi connectivity index (χ4n) is 1.05. The third-order valence-electron chi connectivity index (χ3n) is 1.72. The average molecular weight is 236 g/mol. The maximum absolute atomic E-state index is 11.2. The molecule has 1 rings (SSSR count). The molecule has 0 aliphatic heterocycles. The van der Waals surface area contributed by atoms with Crippen LogP contribution in [0.25, 0.3) is 0 Å². The van der Waals surface area contributed by atoms with E-state index >= 15 is 0 Å². The summed E-state index contributed by atoms with van der Waals surface area (Å²) >= 11 is -2.42. The minimum Gasteiger partial charge on any atom is -0.768 e. The van der Waals surface area contributed by atoms with Gasteiger partial charge in [-0.25, -0.2) is 4.79 Å². The Morgan fingerprint density at radius 1 is 1.47 bits per heavy atom. The zero-order chi connectivity index (χ0) is 10.7. The van der Waals surface area contributed by atoms with Crippen molar-refractivity contribution in [1.29, 1.82) is 0 Å². The second kappa shape index (κ2) is 6.40. The molecule has 0 heterocycles. The van der Waals surface area contributed by atoms with Gasteiger partial charge in [0.05, 0.1) is 12.7 Å². The Hall–Kier alpha value is -0.200. The average Bonchev–Trinajstić information content (AvgIpc) is 2.16. The summed E-state index contributed by atoms with van der Waals surface area (Å²) in [6.07, 6.45) is 0. The minimum atomic E-state index is -2.42. The van der Waals surface area contributed by atoms with Gasteiger partial charge >= 0.3 is 35.5 Å². The van der Waals surface area contributed by atoms with Gasteiger partial charge in [0, 0.05) is 4.90 Å². The molecule has 15 heavy (non-hydrogen) atoms. The van der Waals surface area contributed by atoms with Gasteiger partial charge in [0.25, 0.3) is 0 Å². The molecule has 0 spiro atoms. The zero-order valence-electron chi connectivity index (χ0n) is 8.77. The fourth-order valence-corrected chi connectivity index (χ4v) is 1.66. The van der Waals surface area contributed by atoms with Crippen molar-refractivity contribution in [2.75, 3.05) is 7.11 Å². The van der Waals surface area contributed by atoms with Gasteiger partial charge < -0.3 is 9.29 Å². The first-order valence-electron chi connectivity index (χ1n) is 3.84. The fraction of sp³-hybridized carbons (Fsp3) is 0.222. The smallest absolute Gasteiger partial charge is 0.768 e. The monoisotopic (exact) mass is 236 g/mol. The van der Waals surface area contributed by atoms with Crippen molar-refractivity contribution in [2.24, 2.45) is 0 Å². The van der Waals surface area contributed by atoms with E-state index in [2.05, 4.69) is 4.74 Å². The number of hydrogen-bond acceptors (Lipinski definition) is 4. The van der Waals surface area contributed by atoms with Crippen LogP contribution in [0.15, 0.2) is 23.1 Å². The first kappa shape index (κ1) is 14.8. The van der Waals surface area contributed by atoms with Crippen LogP contribution in [0.5, 0.6) is 0 Å². The third kappa shape index (κ3) is 3.70. The van der Waals surface area contributed by atoms with E-state index in [1.165, 1.54) is 19.2 Å². The van der Waals surface area contributed by atoms with Crippen LogP contribution in [0.4, 0.5) is 0 Å². The summed E-state index contributed by atoms with van der Waals surface area (Å²) in [4.78, 5) is 11.1. The molecule has 0 saturated carbocycles. The van der Waals surface area contributed by atoms with Crippen molar-refractivity contribution < 1.29 is 47.9 Å². The van der Waals surface area contributed by atoms with Gasteiger partial charge in [-0.3, -0.25) is 4.21 Å². The predicted octanol–water partition coefficient (Wildman–Crippen LogP) is -1.98. The van der Waals surface area contributed by atoms with Crippen molar-refractivity contribution >= 4 is 17.0 Å². The summed E-state index contributed by atoms with van der Waals surface area (Å²) in [5.74, 6) is -0.649. The summed E-state index contributed by atoms with van der Waals surface area (Å²) in [6, 6.07) is 4.52. The molecule has 0 N–H and O–H groups in total. The molecule has 76 valence electrons. The molecule has 0 bridgehead atoms. The van der Waals surface area contributed by atoms with Crippen LogP contribution in [-0.4, -0.2) is 21.8 Å². The van der Waals surface area contributed by atoms with Gasteiger partial charge in [-0.05, 0) is 35.7 Å². The molecule has 4 nitrogen and oxygen atoms in total. The van der Waals surface area contributed by atoms with Crippen LogP contribution in [0.1, 0.15) is 15.9 Å². The Balaban J connectivity index is 0.00000196. The molecule has 0 amide bonds. The summed E-state index contributed by atoms with van der Waals surface area (Å²) in [5, 5.41) is 0. The van der Waals surface area contributed by atoms with Gasteiger partial charge in [0.1, 0.15) is 0 Å². The van der Waals surface area contributed by atoms with E-state index in [0.29, 0.717) is 0 Å². The van der Waals surface area contributed by atoms with E-state index in [1.807, 2.05) is 0 Å². The van der Waals surface area contributed by atoms with Crippen molar-refractivity contribution in [3.63, 3.8) is 0 Å². The Labute approximate surface area is 113 Å². The maximum atomic E-state index is 11.2. The number of rotatable bonds is 2.